The van der Waals surface area contributed by atoms with Crippen molar-refractivity contribution in [3.8, 4) is 17.0 Å². The van der Waals surface area contributed by atoms with Gasteiger partial charge in [0.15, 0.2) is 0 Å². The second kappa shape index (κ2) is 6.80. The van der Waals surface area contributed by atoms with Gasteiger partial charge in [0.25, 0.3) is 0 Å². The molecular formula is C18H14F3N3O. The maximum Gasteiger partial charge on any atom is 0.573 e. The van der Waals surface area contributed by atoms with Crippen molar-refractivity contribution in [3.05, 3.63) is 66.5 Å². The van der Waals surface area contributed by atoms with Crippen molar-refractivity contribution in [3.63, 3.8) is 0 Å². The number of alkyl halides is 3. The van der Waals surface area contributed by atoms with Gasteiger partial charge in [-0.1, -0.05) is 30.3 Å². The van der Waals surface area contributed by atoms with E-state index in [1.807, 2.05) is 37.3 Å². The highest BCUT2D eigenvalue weighted by Gasteiger charge is 2.30. The summed E-state index contributed by atoms with van der Waals surface area (Å²) in [5, 5.41) is 3.08. The predicted octanol–water partition coefficient (Wildman–Crippen LogP) is 5.09. The molecule has 4 nitrogen and oxygen atoms in total. The number of hydrogen-bond acceptors (Lipinski definition) is 4. The Morgan fingerprint density at radius 3 is 2.24 bits per heavy atom. The van der Waals surface area contributed by atoms with Gasteiger partial charge >= 0.3 is 6.36 Å². The molecular weight excluding hydrogens is 331 g/mol. The van der Waals surface area contributed by atoms with E-state index >= 15 is 0 Å². The molecule has 1 heterocycles. The summed E-state index contributed by atoms with van der Waals surface area (Å²) in [6, 6.07) is 15.1. The van der Waals surface area contributed by atoms with E-state index in [1.54, 1.807) is 0 Å². The van der Waals surface area contributed by atoms with Gasteiger partial charge in [-0.15, -0.1) is 13.2 Å². The molecule has 0 aliphatic carbocycles. The van der Waals surface area contributed by atoms with E-state index in [-0.39, 0.29) is 5.75 Å². The molecule has 0 spiro atoms. The molecule has 0 atom stereocenters. The molecule has 1 N–H and O–H groups in total. The first-order valence-electron chi connectivity index (χ1n) is 7.42. The molecule has 0 aliphatic rings. The molecule has 25 heavy (non-hydrogen) atoms. The summed E-state index contributed by atoms with van der Waals surface area (Å²) in [4.78, 5) is 8.52. The molecule has 7 heteroatoms. The first-order chi connectivity index (χ1) is 11.9. The molecule has 0 unspecified atom stereocenters. The zero-order valence-electron chi connectivity index (χ0n) is 13.2. The van der Waals surface area contributed by atoms with Crippen molar-refractivity contribution < 1.29 is 17.9 Å². The van der Waals surface area contributed by atoms with Crippen LogP contribution in [0.25, 0.3) is 11.3 Å². The summed E-state index contributed by atoms with van der Waals surface area (Å²) >= 11 is 0. The van der Waals surface area contributed by atoms with Gasteiger partial charge < -0.3 is 10.1 Å². The Labute approximate surface area is 142 Å². The summed E-state index contributed by atoms with van der Waals surface area (Å²) in [6.45, 7) is 1.88. The minimum absolute atomic E-state index is 0.276. The van der Waals surface area contributed by atoms with E-state index in [9.17, 15) is 13.2 Å². The Bertz CT molecular complexity index is 850. The topological polar surface area (TPSA) is 47.0 Å². The maximum atomic E-state index is 12.2. The zero-order valence-corrected chi connectivity index (χ0v) is 13.2. The fourth-order valence-electron chi connectivity index (χ4n) is 2.34. The van der Waals surface area contributed by atoms with Crippen LogP contribution in [0.5, 0.6) is 5.75 Å². The minimum atomic E-state index is -4.71. The number of halogens is 3. The number of nitrogens with one attached hydrogen (secondary N) is 1. The molecule has 0 aliphatic heterocycles. The van der Waals surface area contributed by atoms with Gasteiger partial charge in [-0.25, -0.2) is 9.97 Å². The molecule has 0 bridgehead atoms. The third kappa shape index (κ3) is 4.26. The van der Waals surface area contributed by atoms with Gasteiger partial charge in [0.2, 0.25) is 0 Å². The number of nitrogens with zero attached hydrogens (tertiary/aromatic N) is 2. The lowest BCUT2D eigenvalue weighted by molar-refractivity contribution is -0.274. The summed E-state index contributed by atoms with van der Waals surface area (Å²) in [5.41, 5.74) is 3.18. The second-order valence-corrected chi connectivity index (χ2v) is 5.26. The van der Waals surface area contributed by atoms with Crippen LogP contribution in [-0.4, -0.2) is 16.3 Å². The Hall–Kier alpha value is -3.09. The van der Waals surface area contributed by atoms with Crippen molar-refractivity contribution in [2.45, 2.75) is 13.3 Å². The van der Waals surface area contributed by atoms with E-state index in [0.717, 1.165) is 16.8 Å². The zero-order chi connectivity index (χ0) is 17.9. The molecule has 1 aromatic heterocycles. The molecule has 2 aromatic carbocycles. The fraction of sp³-hybridized carbons (Fsp3) is 0.111. The Kier molecular flexibility index (Phi) is 4.56. The number of benzene rings is 2. The van der Waals surface area contributed by atoms with Crippen LogP contribution in [0.15, 0.2) is 60.9 Å². The number of rotatable bonds is 4. The van der Waals surface area contributed by atoms with E-state index in [0.29, 0.717) is 11.5 Å². The fourth-order valence-corrected chi connectivity index (χ4v) is 2.34. The molecule has 128 valence electrons. The molecule has 0 saturated heterocycles. The average molecular weight is 345 g/mol. The second-order valence-electron chi connectivity index (χ2n) is 5.26. The molecule has 0 radical (unpaired) electrons. The van der Waals surface area contributed by atoms with Gasteiger partial charge in [0, 0.05) is 16.8 Å². The van der Waals surface area contributed by atoms with Crippen LogP contribution in [0.3, 0.4) is 0 Å². The normalized spacial score (nSPS) is 11.2. The summed E-state index contributed by atoms with van der Waals surface area (Å²) in [5.74, 6) is 0.306. The molecule has 3 aromatic rings. The summed E-state index contributed by atoms with van der Waals surface area (Å²) < 4.78 is 40.4. The Balaban J connectivity index is 1.82. The monoisotopic (exact) mass is 345 g/mol. The van der Waals surface area contributed by atoms with Crippen LogP contribution in [-0.2, 0) is 0 Å². The first kappa shape index (κ1) is 16.8. The van der Waals surface area contributed by atoms with Gasteiger partial charge in [0.1, 0.15) is 17.9 Å². The third-order valence-corrected chi connectivity index (χ3v) is 3.48. The number of hydrogen-bond donors (Lipinski definition) is 1. The van der Waals surface area contributed by atoms with Crippen molar-refractivity contribution in [2.24, 2.45) is 0 Å². The molecule has 0 saturated carbocycles. The van der Waals surface area contributed by atoms with Crippen LogP contribution in [0.1, 0.15) is 5.56 Å². The number of ether oxygens (including phenoxy) is 1. The van der Waals surface area contributed by atoms with Crippen LogP contribution >= 0.6 is 0 Å². The van der Waals surface area contributed by atoms with Gasteiger partial charge in [-0.05, 0) is 31.2 Å². The highest BCUT2D eigenvalue weighted by atomic mass is 19.4. The first-order valence-corrected chi connectivity index (χ1v) is 7.42. The van der Waals surface area contributed by atoms with Crippen LogP contribution in [0, 0.1) is 6.92 Å². The molecule has 3 rings (SSSR count). The van der Waals surface area contributed by atoms with Crippen molar-refractivity contribution >= 4 is 11.5 Å². The Morgan fingerprint density at radius 1 is 0.920 bits per heavy atom. The quantitative estimate of drug-likeness (QED) is 0.715. The Morgan fingerprint density at radius 2 is 1.60 bits per heavy atom. The predicted molar refractivity (Wildman–Crippen MR) is 88.6 cm³/mol. The van der Waals surface area contributed by atoms with Crippen molar-refractivity contribution in [1.82, 2.24) is 9.97 Å². The highest BCUT2D eigenvalue weighted by molar-refractivity contribution is 5.70. The van der Waals surface area contributed by atoms with Gasteiger partial charge in [-0.2, -0.15) is 0 Å². The van der Waals surface area contributed by atoms with E-state index < -0.39 is 6.36 Å². The third-order valence-electron chi connectivity index (χ3n) is 3.48. The smallest absolute Gasteiger partial charge is 0.406 e. The standard InChI is InChI=1S/C18H14F3N3O/c1-12-16(13-5-3-2-4-6-13)22-11-23-17(12)24-14-7-9-15(10-8-14)25-18(19,20)21/h2-11H,1H3,(H,22,23,24). The van der Waals surface area contributed by atoms with E-state index in [2.05, 4.69) is 20.0 Å². The van der Waals surface area contributed by atoms with E-state index in [4.69, 9.17) is 0 Å². The van der Waals surface area contributed by atoms with Crippen LogP contribution < -0.4 is 10.1 Å². The summed E-state index contributed by atoms with van der Waals surface area (Å²) in [6.07, 6.45) is -3.26. The minimum Gasteiger partial charge on any atom is -0.406 e. The molecule has 0 fully saturated rings. The maximum absolute atomic E-state index is 12.2. The van der Waals surface area contributed by atoms with Gasteiger partial charge in [-0.3, -0.25) is 0 Å². The SMILES string of the molecule is Cc1c(Nc2ccc(OC(F)(F)F)cc2)ncnc1-c1ccccc1. The van der Waals surface area contributed by atoms with Crippen molar-refractivity contribution in [1.29, 1.82) is 0 Å². The average Bonchev–Trinajstić information content (AvgIpc) is 2.58. The lowest BCUT2D eigenvalue weighted by Gasteiger charge is -2.13. The number of aromatic nitrogens is 2. The van der Waals surface area contributed by atoms with Crippen molar-refractivity contribution in [2.75, 3.05) is 5.32 Å². The highest BCUT2D eigenvalue weighted by Crippen LogP contribution is 2.28. The van der Waals surface area contributed by atoms with E-state index in [1.165, 1.54) is 30.6 Å². The molecule has 0 amide bonds. The van der Waals surface area contributed by atoms with Gasteiger partial charge in [0.05, 0.1) is 5.69 Å². The lowest BCUT2D eigenvalue weighted by atomic mass is 10.1. The number of anilines is 2. The lowest BCUT2D eigenvalue weighted by Crippen LogP contribution is -2.17. The summed E-state index contributed by atoms with van der Waals surface area (Å²) in [7, 11) is 0. The van der Waals surface area contributed by atoms with Crippen LogP contribution in [0.4, 0.5) is 24.7 Å². The van der Waals surface area contributed by atoms with Crippen LogP contribution in [0.2, 0.25) is 0 Å². The largest absolute Gasteiger partial charge is 0.573 e.